The minimum absolute atomic E-state index is 0.0211. The summed E-state index contributed by atoms with van der Waals surface area (Å²) in [6.45, 7) is 8.24. The first-order chi connectivity index (χ1) is 11.8. The Morgan fingerprint density at radius 3 is 2.88 bits per heavy atom. The lowest BCUT2D eigenvalue weighted by molar-refractivity contribution is -0.119. The molecule has 0 amide bonds. The summed E-state index contributed by atoms with van der Waals surface area (Å²) in [5.41, 5.74) is 7.50. The highest BCUT2D eigenvalue weighted by atomic mass is 16.5. The first kappa shape index (κ1) is 17.3. The van der Waals surface area contributed by atoms with Crippen molar-refractivity contribution in [2.45, 2.75) is 58.9 Å². The first-order valence-corrected chi connectivity index (χ1v) is 8.65. The summed E-state index contributed by atoms with van der Waals surface area (Å²) in [5, 5.41) is 14.0. The van der Waals surface area contributed by atoms with Crippen molar-refractivity contribution >= 4 is 5.78 Å². The Morgan fingerprint density at radius 1 is 1.52 bits per heavy atom. The number of Topliss-reactive ketones (excluding diaryl/α,β-unsaturated/α-hetero) is 1. The van der Waals surface area contributed by atoms with Gasteiger partial charge in [0.1, 0.15) is 17.4 Å². The van der Waals surface area contributed by atoms with Crippen LogP contribution in [0.1, 0.15) is 64.5 Å². The topological polar surface area (TPSA) is 93.9 Å². The molecule has 1 aromatic rings. The molecule has 2 heterocycles. The van der Waals surface area contributed by atoms with Gasteiger partial charge in [0.05, 0.1) is 12.1 Å². The second-order valence-electron chi connectivity index (χ2n) is 7.71. The standard InChI is InChI=1S/C19H24N4O2/c1-5-11(2)23-10-12(9-22-23)16-13(8-20)18(21)25-15-7-19(3,4)6-14(24)17(15)16/h9-11,16H,5-7,21H2,1-4H3/t11-,16+/m1/s1. The van der Waals surface area contributed by atoms with E-state index in [4.69, 9.17) is 10.5 Å². The molecule has 1 aliphatic carbocycles. The van der Waals surface area contributed by atoms with E-state index in [1.54, 1.807) is 6.20 Å². The highest BCUT2D eigenvalue weighted by molar-refractivity contribution is 6.00. The number of allylic oxidation sites excluding steroid dienone is 3. The summed E-state index contributed by atoms with van der Waals surface area (Å²) in [5.74, 6) is 0.218. The van der Waals surface area contributed by atoms with Gasteiger partial charge in [0.2, 0.25) is 5.88 Å². The first-order valence-electron chi connectivity index (χ1n) is 8.65. The molecular weight excluding hydrogens is 316 g/mol. The summed E-state index contributed by atoms with van der Waals surface area (Å²) >= 11 is 0. The van der Waals surface area contributed by atoms with Crippen molar-refractivity contribution in [1.29, 1.82) is 5.26 Å². The van der Waals surface area contributed by atoms with Crippen LogP contribution >= 0.6 is 0 Å². The normalized spacial score (nSPS) is 23.8. The molecule has 2 atom stereocenters. The molecule has 0 radical (unpaired) electrons. The minimum Gasteiger partial charge on any atom is -0.444 e. The van der Waals surface area contributed by atoms with Gasteiger partial charge in [0, 0.05) is 36.2 Å². The van der Waals surface area contributed by atoms with Crippen molar-refractivity contribution < 1.29 is 9.53 Å². The molecule has 1 aliphatic heterocycles. The largest absolute Gasteiger partial charge is 0.444 e. The molecule has 0 unspecified atom stereocenters. The molecule has 0 bridgehead atoms. The lowest BCUT2D eigenvalue weighted by Crippen LogP contribution is -2.33. The number of carbonyl (C=O) groups excluding carboxylic acids is 1. The zero-order valence-electron chi connectivity index (χ0n) is 15.2. The van der Waals surface area contributed by atoms with E-state index in [1.165, 1.54) is 0 Å². The van der Waals surface area contributed by atoms with Crippen molar-refractivity contribution in [3.63, 3.8) is 0 Å². The Balaban J connectivity index is 2.11. The van der Waals surface area contributed by atoms with E-state index >= 15 is 0 Å². The van der Waals surface area contributed by atoms with Gasteiger partial charge in [-0.1, -0.05) is 20.8 Å². The highest BCUT2D eigenvalue weighted by Gasteiger charge is 2.43. The molecule has 25 heavy (non-hydrogen) atoms. The van der Waals surface area contributed by atoms with Crippen LogP contribution in [0, 0.1) is 16.7 Å². The number of aromatic nitrogens is 2. The number of hydrogen-bond donors (Lipinski definition) is 1. The lowest BCUT2D eigenvalue weighted by atomic mass is 9.70. The van der Waals surface area contributed by atoms with Gasteiger partial charge in [-0.05, 0) is 18.8 Å². The van der Waals surface area contributed by atoms with Crippen LogP contribution in [0.4, 0.5) is 0 Å². The fourth-order valence-corrected chi connectivity index (χ4v) is 3.55. The zero-order valence-corrected chi connectivity index (χ0v) is 15.2. The molecular formula is C19H24N4O2. The third-order valence-electron chi connectivity index (χ3n) is 5.07. The van der Waals surface area contributed by atoms with E-state index in [0.29, 0.717) is 24.2 Å². The molecule has 3 rings (SSSR count). The van der Waals surface area contributed by atoms with E-state index in [9.17, 15) is 10.1 Å². The van der Waals surface area contributed by atoms with Gasteiger partial charge in [-0.3, -0.25) is 9.48 Å². The molecule has 0 saturated carbocycles. The number of hydrogen-bond acceptors (Lipinski definition) is 5. The number of ether oxygens (including phenoxy) is 1. The summed E-state index contributed by atoms with van der Waals surface area (Å²) in [6, 6.07) is 2.38. The number of ketones is 1. The quantitative estimate of drug-likeness (QED) is 0.911. The number of carbonyl (C=O) groups is 1. The maximum atomic E-state index is 12.9. The Labute approximate surface area is 147 Å². The van der Waals surface area contributed by atoms with E-state index < -0.39 is 5.92 Å². The van der Waals surface area contributed by atoms with Crippen LogP contribution in [0.15, 0.2) is 35.2 Å². The van der Waals surface area contributed by atoms with E-state index in [0.717, 1.165) is 12.0 Å². The Morgan fingerprint density at radius 2 is 2.24 bits per heavy atom. The van der Waals surface area contributed by atoms with Gasteiger partial charge >= 0.3 is 0 Å². The second-order valence-corrected chi connectivity index (χ2v) is 7.71. The predicted molar refractivity (Wildman–Crippen MR) is 92.9 cm³/mol. The van der Waals surface area contributed by atoms with Gasteiger partial charge < -0.3 is 10.5 Å². The van der Waals surface area contributed by atoms with Crippen molar-refractivity contribution in [3.8, 4) is 6.07 Å². The van der Waals surface area contributed by atoms with Gasteiger partial charge in [0.15, 0.2) is 5.78 Å². The second kappa shape index (κ2) is 6.07. The summed E-state index contributed by atoms with van der Waals surface area (Å²) in [7, 11) is 0. The molecule has 6 heteroatoms. The van der Waals surface area contributed by atoms with Crippen LogP contribution < -0.4 is 5.73 Å². The number of rotatable bonds is 3. The van der Waals surface area contributed by atoms with Crippen LogP contribution in [-0.4, -0.2) is 15.6 Å². The zero-order chi connectivity index (χ0) is 18.4. The van der Waals surface area contributed by atoms with Crippen molar-refractivity contribution in [1.82, 2.24) is 9.78 Å². The molecule has 6 nitrogen and oxygen atoms in total. The number of nitriles is 1. The fourth-order valence-electron chi connectivity index (χ4n) is 3.55. The molecule has 0 fully saturated rings. The molecule has 0 aromatic carbocycles. The Hall–Kier alpha value is -2.55. The smallest absolute Gasteiger partial charge is 0.205 e. The fraction of sp³-hybridized carbons (Fsp3) is 0.526. The third-order valence-corrected chi connectivity index (χ3v) is 5.07. The maximum absolute atomic E-state index is 12.9. The predicted octanol–water partition coefficient (Wildman–Crippen LogP) is 3.30. The Kier molecular flexibility index (Phi) is 4.19. The lowest BCUT2D eigenvalue weighted by Gasteiger charge is -2.36. The minimum atomic E-state index is -0.491. The van der Waals surface area contributed by atoms with E-state index in [2.05, 4.69) is 25.0 Å². The summed E-state index contributed by atoms with van der Waals surface area (Å²) in [6.07, 6.45) is 5.64. The molecule has 1 aromatic heterocycles. The average molecular weight is 340 g/mol. The van der Waals surface area contributed by atoms with Crippen molar-refractivity contribution in [2.75, 3.05) is 0 Å². The van der Waals surface area contributed by atoms with Crippen LogP contribution in [0.2, 0.25) is 0 Å². The van der Waals surface area contributed by atoms with E-state index in [-0.39, 0.29) is 28.7 Å². The van der Waals surface area contributed by atoms with Crippen LogP contribution in [0.3, 0.4) is 0 Å². The SMILES string of the molecule is CC[C@@H](C)n1cc([C@H]2C(C#N)=C(N)OC3=C2C(=O)CC(C)(C)C3)cn1. The molecule has 2 aliphatic rings. The van der Waals surface area contributed by atoms with Crippen molar-refractivity contribution in [3.05, 3.63) is 40.7 Å². The highest BCUT2D eigenvalue weighted by Crippen LogP contribution is 2.47. The van der Waals surface area contributed by atoms with E-state index in [1.807, 2.05) is 24.7 Å². The number of nitrogens with two attached hydrogens (primary N) is 1. The molecule has 0 spiro atoms. The molecule has 2 N–H and O–H groups in total. The summed E-state index contributed by atoms with van der Waals surface area (Å²) < 4.78 is 7.56. The van der Waals surface area contributed by atoms with Gasteiger partial charge in [-0.2, -0.15) is 10.4 Å². The molecule has 132 valence electrons. The Bertz CT molecular complexity index is 823. The van der Waals surface area contributed by atoms with Gasteiger partial charge in [0.25, 0.3) is 0 Å². The molecule has 0 saturated heterocycles. The van der Waals surface area contributed by atoms with Crippen LogP contribution in [0.25, 0.3) is 0 Å². The van der Waals surface area contributed by atoms with Gasteiger partial charge in [-0.15, -0.1) is 0 Å². The monoisotopic (exact) mass is 340 g/mol. The maximum Gasteiger partial charge on any atom is 0.205 e. The van der Waals surface area contributed by atoms with Crippen molar-refractivity contribution in [2.24, 2.45) is 11.1 Å². The van der Waals surface area contributed by atoms with Crippen LogP contribution in [0.5, 0.6) is 0 Å². The van der Waals surface area contributed by atoms with Crippen LogP contribution in [-0.2, 0) is 9.53 Å². The third kappa shape index (κ3) is 2.95. The average Bonchev–Trinajstić information content (AvgIpc) is 3.01. The summed E-state index contributed by atoms with van der Waals surface area (Å²) in [4.78, 5) is 12.9. The number of nitrogens with zero attached hydrogens (tertiary/aromatic N) is 3. The van der Waals surface area contributed by atoms with Gasteiger partial charge in [-0.25, -0.2) is 0 Å².